The molecule has 0 radical (unpaired) electrons. The predicted molar refractivity (Wildman–Crippen MR) is 136 cm³/mol. The highest BCUT2D eigenvalue weighted by molar-refractivity contribution is 6.33. The molecule has 2 aromatic carbocycles. The molecule has 3 aromatic rings. The number of hydrogen-bond acceptors (Lipinski definition) is 6. The number of rotatable bonds is 8. The number of carbonyl (C=O) groups excluding carboxylic acids is 1. The van der Waals surface area contributed by atoms with Gasteiger partial charge >= 0.3 is 0 Å². The topological polar surface area (TPSA) is 74.5 Å². The van der Waals surface area contributed by atoms with E-state index in [1.807, 2.05) is 24.3 Å². The molecule has 1 N–H and O–H groups in total. The number of likely N-dealkylation sites (tertiary alicyclic amines) is 2. The van der Waals surface area contributed by atoms with Crippen molar-refractivity contribution in [2.24, 2.45) is 5.92 Å². The van der Waals surface area contributed by atoms with E-state index in [1.54, 1.807) is 0 Å². The Labute approximate surface area is 211 Å². The van der Waals surface area contributed by atoms with E-state index in [-0.39, 0.29) is 11.8 Å². The Balaban J connectivity index is 1.05. The van der Waals surface area contributed by atoms with Gasteiger partial charge in [0.1, 0.15) is 0 Å². The largest absolute Gasteiger partial charge is 0.352 e. The molecule has 0 atom stereocenters. The van der Waals surface area contributed by atoms with Crippen molar-refractivity contribution < 1.29 is 9.32 Å². The minimum atomic E-state index is 0.0436. The van der Waals surface area contributed by atoms with Gasteiger partial charge in [-0.2, -0.15) is 4.98 Å². The smallest absolute Gasteiger partial charge is 0.241 e. The van der Waals surface area contributed by atoms with E-state index < -0.39 is 0 Å². The lowest BCUT2D eigenvalue weighted by Crippen LogP contribution is -2.40. The Morgan fingerprint density at radius 3 is 2.37 bits per heavy atom. The van der Waals surface area contributed by atoms with Crippen LogP contribution in [-0.2, 0) is 24.4 Å². The van der Waals surface area contributed by atoms with Crippen LogP contribution in [0.15, 0.2) is 53.1 Å². The maximum Gasteiger partial charge on any atom is 0.241 e. The van der Waals surface area contributed by atoms with E-state index in [9.17, 15) is 4.79 Å². The van der Waals surface area contributed by atoms with Crippen molar-refractivity contribution in [1.82, 2.24) is 25.3 Å². The van der Waals surface area contributed by atoms with Gasteiger partial charge < -0.3 is 9.84 Å². The van der Waals surface area contributed by atoms with Crippen LogP contribution in [0.3, 0.4) is 0 Å². The summed E-state index contributed by atoms with van der Waals surface area (Å²) in [6, 6.07) is 16.1. The fraction of sp³-hybridized carbons (Fsp3) is 0.444. The van der Waals surface area contributed by atoms with Crippen LogP contribution in [0, 0.1) is 5.92 Å². The molecular weight excluding hydrogens is 462 g/mol. The van der Waals surface area contributed by atoms with Crippen molar-refractivity contribution in [1.29, 1.82) is 0 Å². The molecule has 2 aliphatic rings. The average Bonchev–Trinajstić information content (AvgIpc) is 3.57. The molecule has 0 aliphatic carbocycles. The molecule has 0 unspecified atom stereocenters. The molecule has 2 aliphatic heterocycles. The predicted octanol–water partition coefficient (Wildman–Crippen LogP) is 4.51. The van der Waals surface area contributed by atoms with Crippen molar-refractivity contribution in [3.63, 3.8) is 0 Å². The summed E-state index contributed by atoms with van der Waals surface area (Å²) in [7, 11) is 0. The van der Waals surface area contributed by atoms with E-state index >= 15 is 0 Å². The number of piperidine rings is 1. The number of nitrogens with one attached hydrogen (secondary N) is 1. The van der Waals surface area contributed by atoms with E-state index in [4.69, 9.17) is 16.1 Å². The van der Waals surface area contributed by atoms with E-state index in [1.165, 1.54) is 31.5 Å². The van der Waals surface area contributed by atoms with Crippen LogP contribution in [0.5, 0.6) is 0 Å². The van der Waals surface area contributed by atoms with Gasteiger partial charge in [-0.3, -0.25) is 14.6 Å². The lowest BCUT2D eigenvalue weighted by atomic mass is 9.96. The second-order valence-corrected chi connectivity index (χ2v) is 9.97. The molecular formula is C27H32ClN5O2. The lowest BCUT2D eigenvalue weighted by Gasteiger charge is -2.30. The summed E-state index contributed by atoms with van der Waals surface area (Å²) >= 11 is 6.24. The number of halogens is 1. The van der Waals surface area contributed by atoms with Crippen LogP contribution in [0.1, 0.15) is 42.7 Å². The number of amides is 1. The summed E-state index contributed by atoms with van der Waals surface area (Å²) in [6.07, 6.45) is 4.27. The Morgan fingerprint density at radius 1 is 0.943 bits per heavy atom. The first-order valence-corrected chi connectivity index (χ1v) is 12.9. The van der Waals surface area contributed by atoms with Crippen molar-refractivity contribution >= 4 is 17.5 Å². The summed E-state index contributed by atoms with van der Waals surface area (Å²) in [4.78, 5) is 22.0. The summed E-state index contributed by atoms with van der Waals surface area (Å²) in [5.74, 6) is 1.26. The third-order valence-electron chi connectivity index (χ3n) is 6.99. The van der Waals surface area contributed by atoms with E-state index in [0.29, 0.717) is 29.8 Å². The quantitative estimate of drug-likeness (QED) is 0.497. The maximum atomic E-state index is 12.7. The van der Waals surface area contributed by atoms with Crippen molar-refractivity contribution in [2.75, 3.05) is 26.2 Å². The average molecular weight is 494 g/mol. The highest BCUT2D eigenvalue weighted by atomic mass is 35.5. The molecule has 2 saturated heterocycles. The van der Waals surface area contributed by atoms with Crippen LogP contribution in [0.4, 0.5) is 0 Å². The molecule has 3 heterocycles. The fourth-order valence-corrected chi connectivity index (χ4v) is 5.13. The van der Waals surface area contributed by atoms with Gasteiger partial charge in [0.2, 0.25) is 17.6 Å². The molecule has 1 aromatic heterocycles. The number of carbonyl (C=O) groups is 1. The van der Waals surface area contributed by atoms with Crippen LogP contribution < -0.4 is 5.32 Å². The molecule has 2 fully saturated rings. The van der Waals surface area contributed by atoms with Crippen molar-refractivity contribution in [2.45, 2.75) is 45.3 Å². The van der Waals surface area contributed by atoms with Crippen LogP contribution in [-0.4, -0.2) is 52.0 Å². The minimum Gasteiger partial charge on any atom is -0.352 e. The fourth-order valence-electron chi connectivity index (χ4n) is 4.91. The number of benzene rings is 2. The molecule has 35 heavy (non-hydrogen) atoms. The first-order chi connectivity index (χ1) is 17.1. The zero-order valence-electron chi connectivity index (χ0n) is 20.0. The van der Waals surface area contributed by atoms with Gasteiger partial charge in [0.25, 0.3) is 0 Å². The minimum absolute atomic E-state index is 0.0436. The van der Waals surface area contributed by atoms with Gasteiger partial charge in [-0.05, 0) is 75.1 Å². The van der Waals surface area contributed by atoms with Gasteiger partial charge in [-0.15, -0.1) is 0 Å². The molecule has 1 amide bonds. The molecule has 5 rings (SSSR count). The molecule has 8 heteroatoms. The molecule has 0 saturated carbocycles. The normalized spacial score (nSPS) is 17.6. The summed E-state index contributed by atoms with van der Waals surface area (Å²) < 4.78 is 5.44. The second-order valence-electron chi connectivity index (χ2n) is 9.56. The standard InChI is InChI=1S/C27H32ClN5O2/c28-24-6-2-1-5-23(24)26-30-25(35-31-26)19-33-15-11-22(12-16-33)27(34)29-17-20-7-9-21(10-8-20)18-32-13-3-4-14-32/h1-2,5-10,22H,3-4,11-19H2,(H,29,34). The maximum absolute atomic E-state index is 12.7. The molecule has 0 spiro atoms. The first-order valence-electron chi connectivity index (χ1n) is 12.5. The van der Waals surface area contributed by atoms with Gasteiger partial charge in [0.15, 0.2) is 0 Å². The van der Waals surface area contributed by atoms with E-state index in [2.05, 4.69) is 49.5 Å². The Kier molecular flexibility index (Phi) is 7.76. The SMILES string of the molecule is O=C(NCc1ccc(CN2CCCC2)cc1)C1CCN(Cc2nc(-c3ccccc3Cl)no2)CC1. The zero-order valence-corrected chi connectivity index (χ0v) is 20.7. The molecule has 184 valence electrons. The highest BCUT2D eigenvalue weighted by Gasteiger charge is 2.26. The third-order valence-corrected chi connectivity index (χ3v) is 7.32. The van der Waals surface area contributed by atoms with Gasteiger partial charge in [-0.25, -0.2) is 0 Å². The van der Waals surface area contributed by atoms with E-state index in [0.717, 1.165) is 43.6 Å². The Bertz CT molecular complexity index is 1120. The van der Waals surface area contributed by atoms with Crippen LogP contribution >= 0.6 is 11.6 Å². The second kappa shape index (κ2) is 11.3. The molecule has 0 bridgehead atoms. The van der Waals surface area contributed by atoms with Crippen LogP contribution in [0.25, 0.3) is 11.4 Å². The van der Waals surface area contributed by atoms with Crippen molar-refractivity contribution in [3.8, 4) is 11.4 Å². The third kappa shape index (κ3) is 6.28. The van der Waals surface area contributed by atoms with Gasteiger partial charge in [0.05, 0.1) is 11.6 Å². The Hall–Kier alpha value is -2.74. The monoisotopic (exact) mass is 493 g/mol. The number of aromatic nitrogens is 2. The zero-order chi connectivity index (χ0) is 24.0. The van der Waals surface area contributed by atoms with Gasteiger partial charge in [-0.1, -0.05) is 53.2 Å². The highest BCUT2D eigenvalue weighted by Crippen LogP contribution is 2.26. The Morgan fingerprint density at radius 2 is 1.63 bits per heavy atom. The number of nitrogens with zero attached hydrogens (tertiary/aromatic N) is 4. The first kappa shape index (κ1) is 24.0. The lowest BCUT2D eigenvalue weighted by molar-refractivity contribution is -0.126. The summed E-state index contributed by atoms with van der Waals surface area (Å²) in [5.41, 5.74) is 3.25. The number of hydrogen-bond donors (Lipinski definition) is 1. The summed E-state index contributed by atoms with van der Waals surface area (Å²) in [6.45, 7) is 6.24. The molecule has 7 nitrogen and oxygen atoms in total. The van der Waals surface area contributed by atoms with Crippen LogP contribution in [0.2, 0.25) is 5.02 Å². The van der Waals surface area contributed by atoms with Crippen molar-refractivity contribution in [3.05, 3.63) is 70.6 Å². The van der Waals surface area contributed by atoms with Gasteiger partial charge in [0, 0.05) is 24.6 Å². The summed E-state index contributed by atoms with van der Waals surface area (Å²) in [5, 5.41) is 7.81.